The molecular formula is C20H23N3O3. The van der Waals surface area contributed by atoms with E-state index in [-0.39, 0.29) is 11.8 Å². The maximum Gasteiger partial charge on any atom is 0.249 e. The van der Waals surface area contributed by atoms with Crippen LogP contribution < -0.4 is 9.64 Å². The fourth-order valence-electron chi connectivity index (χ4n) is 3.15. The molecule has 0 radical (unpaired) electrons. The Bertz CT molecular complexity index is 762. The summed E-state index contributed by atoms with van der Waals surface area (Å²) in [4.78, 5) is 33.0. The van der Waals surface area contributed by atoms with Gasteiger partial charge in [-0.05, 0) is 49.7 Å². The fraction of sp³-hybridized carbons (Fsp3) is 0.350. The van der Waals surface area contributed by atoms with Crippen LogP contribution in [0.25, 0.3) is 0 Å². The molecule has 26 heavy (non-hydrogen) atoms. The molecule has 0 saturated carbocycles. The van der Waals surface area contributed by atoms with E-state index in [2.05, 4.69) is 4.98 Å². The molecule has 6 nitrogen and oxygen atoms in total. The van der Waals surface area contributed by atoms with Gasteiger partial charge in [0, 0.05) is 37.1 Å². The number of pyridine rings is 1. The zero-order valence-corrected chi connectivity index (χ0v) is 15.1. The summed E-state index contributed by atoms with van der Waals surface area (Å²) < 4.78 is 5.15. The summed E-state index contributed by atoms with van der Waals surface area (Å²) in [5.74, 6) is 0.677. The lowest BCUT2D eigenvalue weighted by molar-refractivity contribution is -0.140. The largest absolute Gasteiger partial charge is 0.497 e. The molecule has 1 atom stereocenters. The number of hydrogen-bond donors (Lipinski definition) is 0. The summed E-state index contributed by atoms with van der Waals surface area (Å²) in [6.07, 6.45) is 2.66. The van der Waals surface area contributed by atoms with Crippen LogP contribution in [0.15, 0.2) is 48.7 Å². The zero-order chi connectivity index (χ0) is 18.5. The maximum absolute atomic E-state index is 12.8. The molecule has 0 bridgehead atoms. The lowest BCUT2D eigenvalue weighted by atomic mass is 10.1. The van der Waals surface area contributed by atoms with Gasteiger partial charge in [0.05, 0.1) is 7.11 Å². The molecule has 1 aliphatic rings. The smallest absolute Gasteiger partial charge is 0.249 e. The Hall–Kier alpha value is -2.89. The molecule has 2 amide bonds. The van der Waals surface area contributed by atoms with Crippen molar-refractivity contribution in [3.63, 3.8) is 0 Å². The predicted molar refractivity (Wildman–Crippen MR) is 99.1 cm³/mol. The maximum atomic E-state index is 12.8. The highest BCUT2D eigenvalue weighted by Gasteiger charge is 2.34. The van der Waals surface area contributed by atoms with Gasteiger partial charge in [-0.25, -0.2) is 0 Å². The van der Waals surface area contributed by atoms with Gasteiger partial charge < -0.3 is 14.5 Å². The van der Waals surface area contributed by atoms with Gasteiger partial charge in [0.2, 0.25) is 11.8 Å². The van der Waals surface area contributed by atoms with E-state index in [1.165, 1.54) is 0 Å². The van der Waals surface area contributed by atoms with Gasteiger partial charge >= 0.3 is 0 Å². The number of ether oxygens (including phenoxy) is 1. The van der Waals surface area contributed by atoms with Gasteiger partial charge in [0.15, 0.2) is 0 Å². The van der Waals surface area contributed by atoms with E-state index in [0.29, 0.717) is 25.9 Å². The second-order valence-electron chi connectivity index (χ2n) is 6.27. The molecule has 1 aliphatic heterocycles. The Kier molecular flexibility index (Phi) is 5.51. The molecule has 0 unspecified atom stereocenters. The van der Waals surface area contributed by atoms with E-state index in [9.17, 15) is 9.59 Å². The number of amides is 2. The van der Waals surface area contributed by atoms with E-state index in [1.54, 1.807) is 30.0 Å². The molecule has 1 aromatic carbocycles. The standard InChI is InChI=1S/C20H23N3O3/c1-15-20(25)23(17-7-9-18(26-2)10-8-17)14-13-22(15)19(24)11-6-16-5-3-4-12-21-16/h3-5,7-10,12,15H,6,11,13-14H2,1-2H3/t15-/m1/s1. The average Bonchev–Trinajstić information content (AvgIpc) is 2.69. The average molecular weight is 353 g/mol. The highest BCUT2D eigenvalue weighted by Crippen LogP contribution is 2.23. The minimum absolute atomic E-state index is 0.00844. The van der Waals surface area contributed by atoms with Crippen LogP contribution in [0.1, 0.15) is 19.0 Å². The lowest BCUT2D eigenvalue weighted by Crippen LogP contribution is -2.57. The second kappa shape index (κ2) is 7.99. The third kappa shape index (κ3) is 3.85. The summed E-state index contributed by atoms with van der Waals surface area (Å²) in [6.45, 7) is 2.81. The SMILES string of the molecule is COc1ccc(N2CCN(C(=O)CCc3ccccn3)[C@H](C)C2=O)cc1. The Morgan fingerprint density at radius 2 is 1.96 bits per heavy atom. The summed E-state index contributed by atoms with van der Waals surface area (Å²) in [7, 11) is 1.61. The van der Waals surface area contributed by atoms with Crippen molar-refractivity contribution < 1.29 is 14.3 Å². The molecule has 3 rings (SSSR count). The van der Waals surface area contributed by atoms with Crippen molar-refractivity contribution in [3.05, 3.63) is 54.4 Å². The minimum atomic E-state index is -0.470. The van der Waals surface area contributed by atoms with E-state index in [1.807, 2.05) is 42.5 Å². The van der Waals surface area contributed by atoms with Gasteiger partial charge in [-0.2, -0.15) is 0 Å². The number of benzene rings is 1. The Morgan fingerprint density at radius 1 is 1.19 bits per heavy atom. The minimum Gasteiger partial charge on any atom is -0.497 e. The number of carbonyl (C=O) groups is 2. The van der Waals surface area contributed by atoms with Gasteiger partial charge in [-0.3, -0.25) is 14.6 Å². The number of carbonyl (C=O) groups excluding carboxylic acids is 2. The third-order valence-corrected chi connectivity index (χ3v) is 4.68. The molecule has 0 spiro atoms. The molecule has 2 heterocycles. The van der Waals surface area contributed by atoms with E-state index in [0.717, 1.165) is 17.1 Å². The summed E-state index contributed by atoms with van der Waals surface area (Å²) in [5.41, 5.74) is 1.71. The number of nitrogens with zero attached hydrogens (tertiary/aromatic N) is 3. The summed E-state index contributed by atoms with van der Waals surface area (Å²) >= 11 is 0. The van der Waals surface area contributed by atoms with Gasteiger partial charge in [0.1, 0.15) is 11.8 Å². The number of aryl methyl sites for hydroxylation is 1. The number of hydrogen-bond acceptors (Lipinski definition) is 4. The fourth-order valence-corrected chi connectivity index (χ4v) is 3.15. The third-order valence-electron chi connectivity index (χ3n) is 4.68. The molecule has 2 aromatic rings. The first-order valence-electron chi connectivity index (χ1n) is 8.75. The molecule has 1 fully saturated rings. The van der Waals surface area contributed by atoms with Crippen LogP contribution in [0.5, 0.6) is 5.75 Å². The zero-order valence-electron chi connectivity index (χ0n) is 15.1. The predicted octanol–water partition coefficient (Wildman–Crippen LogP) is 2.29. The van der Waals surface area contributed by atoms with E-state index < -0.39 is 6.04 Å². The van der Waals surface area contributed by atoms with Crippen molar-refractivity contribution >= 4 is 17.5 Å². The van der Waals surface area contributed by atoms with Crippen molar-refractivity contribution in [1.82, 2.24) is 9.88 Å². The van der Waals surface area contributed by atoms with Crippen LogP contribution >= 0.6 is 0 Å². The van der Waals surface area contributed by atoms with Gasteiger partial charge in [0.25, 0.3) is 0 Å². The normalized spacial score (nSPS) is 17.3. The van der Waals surface area contributed by atoms with Crippen molar-refractivity contribution in [2.75, 3.05) is 25.1 Å². The van der Waals surface area contributed by atoms with Crippen molar-refractivity contribution in [3.8, 4) is 5.75 Å². The van der Waals surface area contributed by atoms with Crippen LogP contribution in [0.3, 0.4) is 0 Å². The van der Waals surface area contributed by atoms with Crippen molar-refractivity contribution in [1.29, 1.82) is 0 Å². The molecule has 0 aliphatic carbocycles. The van der Waals surface area contributed by atoms with Gasteiger partial charge in [-0.1, -0.05) is 6.07 Å². The van der Waals surface area contributed by atoms with Crippen molar-refractivity contribution in [2.24, 2.45) is 0 Å². The monoisotopic (exact) mass is 353 g/mol. The van der Waals surface area contributed by atoms with E-state index >= 15 is 0 Å². The van der Waals surface area contributed by atoms with Crippen molar-refractivity contribution in [2.45, 2.75) is 25.8 Å². The van der Waals surface area contributed by atoms with Crippen LogP contribution in [0.4, 0.5) is 5.69 Å². The highest BCUT2D eigenvalue weighted by molar-refractivity contribution is 6.00. The number of piperazine rings is 1. The van der Waals surface area contributed by atoms with Crippen LogP contribution in [0, 0.1) is 0 Å². The summed E-state index contributed by atoms with van der Waals surface area (Å²) in [6, 6.07) is 12.6. The molecule has 6 heteroatoms. The number of methoxy groups -OCH3 is 1. The molecule has 0 N–H and O–H groups in total. The lowest BCUT2D eigenvalue weighted by Gasteiger charge is -2.39. The van der Waals surface area contributed by atoms with E-state index in [4.69, 9.17) is 4.74 Å². The van der Waals surface area contributed by atoms with Crippen LogP contribution in [-0.4, -0.2) is 47.9 Å². The first-order valence-corrected chi connectivity index (χ1v) is 8.75. The van der Waals surface area contributed by atoms with Crippen LogP contribution in [0.2, 0.25) is 0 Å². The van der Waals surface area contributed by atoms with Crippen LogP contribution in [-0.2, 0) is 16.0 Å². The quantitative estimate of drug-likeness (QED) is 0.827. The first-order chi connectivity index (χ1) is 12.6. The second-order valence-corrected chi connectivity index (χ2v) is 6.27. The number of aromatic nitrogens is 1. The topological polar surface area (TPSA) is 62.7 Å². The first kappa shape index (κ1) is 17.9. The molecule has 136 valence electrons. The number of anilines is 1. The van der Waals surface area contributed by atoms with Gasteiger partial charge in [-0.15, -0.1) is 0 Å². The highest BCUT2D eigenvalue weighted by atomic mass is 16.5. The molecule has 1 saturated heterocycles. The summed E-state index contributed by atoms with van der Waals surface area (Å²) in [5, 5.41) is 0. The Morgan fingerprint density at radius 3 is 2.62 bits per heavy atom. The Balaban J connectivity index is 1.62. The number of rotatable bonds is 5. The Labute approximate surface area is 153 Å². The molecular weight excluding hydrogens is 330 g/mol. The molecule has 1 aromatic heterocycles.